The molecule has 0 saturated heterocycles. The van der Waals surface area contributed by atoms with E-state index in [1.807, 2.05) is 13.0 Å². The van der Waals surface area contributed by atoms with Gasteiger partial charge in [0.05, 0.1) is 7.11 Å². The van der Waals surface area contributed by atoms with Gasteiger partial charge in [0.1, 0.15) is 5.75 Å². The molecule has 0 aliphatic carbocycles. The Morgan fingerprint density at radius 2 is 2.07 bits per heavy atom. The van der Waals surface area contributed by atoms with Crippen molar-refractivity contribution >= 4 is 29.0 Å². The minimum absolute atomic E-state index is 0.299. The largest absolute Gasteiger partial charge is 0.497 e. The number of ketones is 1. The SMILES string of the molecule is CCc1cc(OC)cc(C(=O)C(Cl)Cl)c1. The summed E-state index contributed by atoms with van der Waals surface area (Å²) >= 11 is 11.1. The van der Waals surface area contributed by atoms with Crippen LogP contribution in [0.4, 0.5) is 0 Å². The number of rotatable bonds is 4. The van der Waals surface area contributed by atoms with Crippen LogP contribution in [0.5, 0.6) is 5.75 Å². The molecule has 0 heterocycles. The number of hydrogen-bond acceptors (Lipinski definition) is 2. The first kappa shape index (κ1) is 12.3. The molecule has 0 N–H and O–H groups in total. The Morgan fingerprint density at radius 3 is 2.53 bits per heavy atom. The summed E-state index contributed by atoms with van der Waals surface area (Å²) in [5, 5.41) is 0. The molecule has 1 aromatic carbocycles. The number of ether oxygens (including phenoxy) is 1. The summed E-state index contributed by atoms with van der Waals surface area (Å²) in [6, 6.07) is 5.30. The average molecular weight is 247 g/mol. The predicted octanol–water partition coefficient (Wildman–Crippen LogP) is 3.24. The van der Waals surface area contributed by atoms with Crippen LogP contribution in [0.25, 0.3) is 0 Å². The van der Waals surface area contributed by atoms with Crippen LogP contribution in [0, 0.1) is 0 Å². The van der Waals surface area contributed by atoms with Gasteiger partial charge in [-0.1, -0.05) is 30.1 Å². The second kappa shape index (κ2) is 5.38. The molecule has 0 bridgehead atoms. The summed E-state index contributed by atoms with van der Waals surface area (Å²) in [5.74, 6) is 0.346. The summed E-state index contributed by atoms with van der Waals surface area (Å²) < 4.78 is 5.09. The lowest BCUT2D eigenvalue weighted by molar-refractivity contribution is 0.101. The summed E-state index contributed by atoms with van der Waals surface area (Å²) in [6.07, 6.45) is 0.826. The number of Topliss-reactive ketones (excluding diaryl/α,β-unsaturated/α-hetero) is 1. The first-order chi connectivity index (χ1) is 7.08. The molecular formula is C11H12Cl2O2. The van der Waals surface area contributed by atoms with Crippen LogP contribution in [-0.2, 0) is 6.42 Å². The minimum Gasteiger partial charge on any atom is -0.497 e. The van der Waals surface area contributed by atoms with E-state index in [1.165, 1.54) is 0 Å². The molecule has 0 amide bonds. The maximum atomic E-state index is 11.6. The Balaban J connectivity index is 3.12. The van der Waals surface area contributed by atoms with E-state index < -0.39 is 4.84 Å². The molecule has 1 rings (SSSR count). The number of methoxy groups -OCH3 is 1. The monoisotopic (exact) mass is 246 g/mol. The Kier molecular flexibility index (Phi) is 4.43. The van der Waals surface area contributed by atoms with Crippen LogP contribution < -0.4 is 4.74 Å². The third kappa shape index (κ3) is 3.11. The van der Waals surface area contributed by atoms with E-state index in [0.717, 1.165) is 12.0 Å². The number of carbonyl (C=O) groups is 1. The summed E-state index contributed by atoms with van der Waals surface area (Å²) in [4.78, 5) is 10.5. The van der Waals surface area contributed by atoms with Gasteiger partial charge >= 0.3 is 0 Å². The first-order valence-corrected chi connectivity index (χ1v) is 5.46. The van der Waals surface area contributed by atoms with Crippen molar-refractivity contribution in [3.8, 4) is 5.75 Å². The number of alkyl halides is 2. The molecule has 0 saturated carbocycles. The van der Waals surface area contributed by atoms with Crippen molar-refractivity contribution in [2.24, 2.45) is 0 Å². The molecule has 0 radical (unpaired) electrons. The zero-order chi connectivity index (χ0) is 11.4. The van der Waals surface area contributed by atoms with Crippen LogP contribution in [-0.4, -0.2) is 17.7 Å². The third-order valence-corrected chi connectivity index (χ3v) is 2.49. The highest BCUT2D eigenvalue weighted by Crippen LogP contribution is 2.20. The molecule has 0 aromatic heterocycles. The second-order valence-corrected chi connectivity index (χ2v) is 4.18. The van der Waals surface area contributed by atoms with Crippen LogP contribution in [0.1, 0.15) is 22.8 Å². The van der Waals surface area contributed by atoms with Gasteiger partial charge in [-0.2, -0.15) is 0 Å². The van der Waals surface area contributed by atoms with Crippen LogP contribution in [0.3, 0.4) is 0 Å². The van der Waals surface area contributed by atoms with Crippen LogP contribution in [0.2, 0.25) is 0 Å². The highest BCUT2D eigenvalue weighted by atomic mass is 35.5. The number of carbonyl (C=O) groups excluding carboxylic acids is 1. The molecule has 0 atom stereocenters. The number of halogens is 2. The van der Waals surface area contributed by atoms with Crippen molar-refractivity contribution in [1.82, 2.24) is 0 Å². The number of aryl methyl sites for hydroxylation is 1. The van der Waals surface area contributed by atoms with E-state index in [2.05, 4.69) is 0 Å². The predicted molar refractivity (Wildman–Crippen MR) is 62.2 cm³/mol. The van der Waals surface area contributed by atoms with Gasteiger partial charge in [-0.3, -0.25) is 4.79 Å². The Morgan fingerprint density at radius 1 is 1.40 bits per heavy atom. The van der Waals surface area contributed by atoms with Crippen LogP contribution in [0.15, 0.2) is 18.2 Å². The third-order valence-electron chi connectivity index (χ3n) is 2.09. The van der Waals surface area contributed by atoms with Crippen LogP contribution >= 0.6 is 23.2 Å². The van der Waals surface area contributed by atoms with Gasteiger partial charge in [-0.15, -0.1) is 0 Å². The molecular weight excluding hydrogens is 235 g/mol. The van der Waals surface area contributed by atoms with Crippen molar-refractivity contribution in [3.63, 3.8) is 0 Å². The Bertz CT molecular complexity index is 339. The van der Waals surface area contributed by atoms with Crippen molar-refractivity contribution < 1.29 is 9.53 Å². The lowest BCUT2D eigenvalue weighted by atomic mass is 10.1. The zero-order valence-electron chi connectivity index (χ0n) is 8.59. The maximum Gasteiger partial charge on any atom is 0.195 e. The van der Waals surface area contributed by atoms with Gasteiger partial charge < -0.3 is 4.74 Å². The van der Waals surface area contributed by atoms with E-state index in [9.17, 15) is 4.79 Å². The van der Waals surface area contributed by atoms with E-state index >= 15 is 0 Å². The van der Waals surface area contributed by atoms with Gasteiger partial charge in [0.15, 0.2) is 10.6 Å². The van der Waals surface area contributed by atoms with Crippen molar-refractivity contribution in [2.75, 3.05) is 7.11 Å². The first-order valence-electron chi connectivity index (χ1n) is 4.58. The summed E-state index contributed by atoms with van der Waals surface area (Å²) in [5.41, 5.74) is 1.51. The number of hydrogen-bond donors (Lipinski definition) is 0. The molecule has 0 unspecified atom stereocenters. The molecule has 4 heteroatoms. The normalized spacial score (nSPS) is 10.5. The van der Waals surface area contributed by atoms with E-state index in [-0.39, 0.29) is 5.78 Å². The highest BCUT2D eigenvalue weighted by Gasteiger charge is 2.15. The Labute approximate surface area is 99.1 Å². The molecule has 1 aromatic rings. The quantitative estimate of drug-likeness (QED) is 0.603. The lowest BCUT2D eigenvalue weighted by Crippen LogP contribution is -2.08. The fourth-order valence-electron chi connectivity index (χ4n) is 1.25. The molecule has 0 fully saturated rings. The van der Waals surface area contributed by atoms with Gasteiger partial charge in [0.25, 0.3) is 0 Å². The number of benzene rings is 1. The average Bonchev–Trinajstić information content (AvgIpc) is 2.27. The van der Waals surface area contributed by atoms with Crippen molar-refractivity contribution in [2.45, 2.75) is 18.2 Å². The minimum atomic E-state index is -1.03. The smallest absolute Gasteiger partial charge is 0.195 e. The fraction of sp³-hybridized carbons (Fsp3) is 0.364. The lowest BCUT2D eigenvalue weighted by Gasteiger charge is -2.07. The van der Waals surface area contributed by atoms with Crippen molar-refractivity contribution in [1.29, 1.82) is 0 Å². The van der Waals surface area contributed by atoms with Crippen molar-refractivity contribution in [3.05, 3.63) is 29.3 Å². The highest BCUT2D eigenvalue weighted by molar-refractivity contribution is 6.55. The zero-order valence-corrected chi connectivity index (χ0v) is 10.1. The van der Waals surface area contributed by atoms with Gasteiger partial charge in [0, 0.05) is 5.56 Å². The second-order valence-electron chi connectivity index (χ2n) is 3.09. The van der Waals surface area contributed by atoms with Gasteiger partial charge in [-0.25, -0.2) is 0 Å². The summed E-state index contributed by atoms with van der Waals surface area (Å²) in [6.45, 7) is 2.00. The van der Waals surface area contributed by atoms with E-state index in [4.69, 9.17) is 27.9 Å². The maximum absolute atomic E-state index is 11.6. The standard InChI is InChI=1S/C11H12Cl2O2/c1-3-7-4-8(10(14)11(12)13)6-9(5-7)15-2/h4-6,11H,3H2,1-2H3. The Hall–Kier alpha value is -0.730. The molecule has 0 spiro atoms. The summed E-state index contributed by atoms with van der Waals surface area (Å²) in [7, 11) is 1.56. The molecule has 82 valence electrons. The van der Waals surface area contributed by atoms with E-state index in [0.29, 0.717) is 11.3 Å². The van der Waals surface area contributed by atoms with E-state index in [1.54, 1.807) is 19.2 Å². The fourth-order valence-corrected chi connectivity index (χ4v) is 1.50. The molecule has 0 aliphatic heterocycles. The van der Waals surface area contributed by atoms with Gasteiger partial charge in [-0.05, 0) is 30.2 Å². The molecule has 15 heavy (non-hydrogen) atoms. The molecule has 0 aliphatic rings. The molecule has 2 nitrogen and oxygen atoms in total. The topological polar surface area (TPSA) is 26.3 Å². The van der Waals surface area contributed by atoms with Gasteiger partial charge in [0.2, 0.25) is 0 Å².